The number of hydrogen-bond acceptors (Lipinski definition) is 4. The first-order chi connectivity index (χ1) is 14.2. The summed E-state index contributed by atoms with van der Waals surface area (Å²) in [4.78, 5) is 24.1. The Labute approximate surface area is 167 Å². The molecule has 2 aromatic heterocycles. The lowest BCUT2D eigenvalue weighted by Gasteiger charge is -2.09. The van der Waals surface area contributed by atoms with Crippen molar-refractivity contribution in [2.24, 2.45) is 0 Å². The third kappa shape index (κ3) is 4.40. The number of nitrogens with zero attached hydrogens (tertiary/aromatic N) is 4. The number of rotatable bonds is 7. The highest BCUT2D eigenvalue weighted by atomic mass is 16.1. The molecule has 0 fully saturated rings. The number of para-hydroxylation sites is 2. The van der Waals surface area contributed by atoms with Gasteiger partial charge in [0, 0.05) is 24.5 Å². The molecule has 29 heavy (non-hydrogen) atoms. The molecule has 0 bridgehead atoms. The van der Waals surface area contributed by atoms with Gasteiger partial charge in [-0.1, -0.05) is 30.3 Å². The Hall–Kier alpha value is -3.74. The molecular weight excluding hydrogens is 366 g/mol. The van der Waals surface area contributed by atoms with Crippen molar-refractivity contribution >= 4 is 16.8 Å². The van der Waals surface area contributed by atoms with Crippen molar-refractivity contribution in [3.05, 3.63) is 89.0 Å². The SMILES string of the molecule is O=C(CCn1ncc(=O)c2ccccc21)NCCc1cnn(-c2ccccc2)c1. The van der Waals surface area contributed by atoms with Crippen molar-refractivity contribution < 1.29 is 4.79 Å². The van der Waals surface area contributed by atoms with Crippen LogP contribution in [0, 0.1) is 0 Å². The number of amides is 1. The lowest BCUT2D eigenvalue weighted by molar-refractivity contribution is -0.121. The zero-order valence-corrected chi connectivity index (χ0v) is 15.9. The molecule has 2 aromatic carbocycles. The summed E-state index contributed by atoms with van der Waals surface area (Å²) in [5.74, 6) is -0.0509. The smallest absolute Gasteiger partial charge is 0.221 e. The van der Waals surface area contributed by atoms with Gasteiger partial charge in [0.25, 0.3) is 0 Å². The van der Waals surface area contributed by atoms with Crippen LogP contribution in [0.2, 0.25) is 0 Å². The highest BCUT2D eigenvalue weighted by Gasteiger charge is 2.07. The van der Waals surface area contributed by atoms with Gasteiger partial charge in [-0.25, -0.2) is 4.68 Å². The highest BCUT2D eigenvalue weighted by Crippen LogP contribution is 2.09. The van der Waals surface area contributed by atoms with E-state index in [1.54, 1.807) is 10.7 Å². The van der Waals surface area contributed by atoms with Gasteiger partial charge in [0.2, 0.25) is 11.3 Å². The van der Waals surface area contributed by atoms with Crippen molar-refractivity contribution in [2.75, 3.05) is 6.54 Å². The minimum atomic E-state index is -0.114. The third-order valence-corrected chi connectivity index (χ3v) is 4.71. The third-order valence-electron chi connectivity index (χ3n) is 4.71. The summed E-state index contributed by atoms with van der Waals surface area (Å²) < 4.78 is 3.52. The molecule has 0 atom stereocenters. The average molecular weight is 387 g/mol. The summed E-state index contributed by atoms with van der Waals surface area (Å²) in [5.41, 5.74) is 2.68. The molecule has 7 heteroatoms. The molecule has 1 amide bonds. The molecule has 1 N–H and O–H groups in total. The molecule has 7 nitrogen and oxygen atoms in total. The maximum Gasteiger partial charge on any atom is 0.221 e. The summed E-state index contributed by atoms with van der Waals surface area (Å²) in [5, 5.41) is 12.1. The fourth-order valence-corrected chi connectivity index (χ4v) is 3.19. The van der Waals surface area contributed by atoms with Gasteiger partial charge in [0.15, 0.2) is 0 Å². The Morgan fingerprint density at radius 3 is 2.62 bits per heavy atom. The molecule has 0 aliphatic rings. The topological polar surface area (TPSA) is 81.8 Å². The van der Waals surface area contributed by atoms with E-state index in [1.165, 1.54) is 6.20 Å². The van der Waals surface area contributed by atoms with E-state index in [0.29, 0.717) is 31.3 Å². The first-order valence-corrected chi connectivity index (χ1v) is 9.51. The standard InChI is InChI=1S/C22H21N5O2/c28-21-15-25-26(20-9-5-4-8-19(20)21)13-11-22(29)23-12-10-17-14-24-27(16-17)18-6-2-1-3-7-18/h1-9,14-16H,10-13H2,(H,23,29). The van der Waals surface area contributed by atoms with Gasteiger partial charge >= 0.3 is 0 Å². The van der Waals surface area contributed by atoms with Crippen LogP contribution in [0.3, 0.4) is 0 Å². The fourth-order valence-electron chi connectivity index (χ4n) is 3.19. The van der Waals surface area contributed by atoms with E-state index >= 15 is 0 Å². The van der Waals surface area contributed by atoms with Crippen LogP contribution in [0.4, 0.5) is 0 Å². The van der Waals surface area contributed by atoms with Gasteiger partial charge in [-0.15, -0.1) is 0 Å². The van der Waals surface area contributed by atoms with E-state index < -0.39 is 0 Å². The van der Waals surface area contributed by atoms with Gasteiger partial charge in [-0.05, 0) is 36.2 Å². The van der Waals surface area contributed by atoms with Crippen molar-refractivity contribution in [2.45, 2.75) is 19.4 Å². The summed E-state index contributed by atoms with van der Waals surface area (Å²) >= 11 is 0. The largest absolute Gasteiger partial charge is 0.356 e. The Kier molecular flexibility index (Phi) is 5.47. The van der Waals surface area contributed by atoms with Crippen LogP contribution >= 0.6 is 0 Å². The van der Waals surface area contributed by atoms with Crippen LogP contribution in [0.15, 0.2) is 78.0 Å². The Morgan fingerprint density at radius 2 is 1.76 bits per heavy atom. The monoisotopic (exact) mass is 387 g/mol. The first-order valence-electron chi connectivity index (χ1n) is 9.51. The normalized spacial score (nSPS) is 10.9. The van der Waals surface area contributed by atoms with Crippen LogP contribution in [-0.2, 0) is 17.8 Å². The molecule has 0 aliphatic carbocycles. The molecule has 0 radical (unpaired) electrons. The van der Waals surface area contributed by atoms with Crippen LogP contribution < -0.4 is 10.7 Å². The summed E-state index contributed by atoms with van der Waals surface area (Å²) in [6, 6.07) is 17.2. The number of hydrogen-bond donors (Lipinski definition) is 1. The number of fused-ring (bicyclic) bond motifs is 1. The van der Waals surface area contributed by atoms with Gasteiger partial charge in [0.1, 0.15) is 0 Å². The first kappa shape index (κ1) is 18.6. The Balaban J connectivity index is 1.29. The van der Waals surface area contributed by atoms with E-state index in [0.717, 1.165) is 16.8 Å². The average Bonchev–Trinajstić information content (AvgIpc) is 3.23. The molecule has 0 saturated carbocycles. The van der Waals surface area contributed by atoms with Crippen LogP contribution in [0.5, 0.6) is 0 Å². The lowest BCUT2D eigenvalue weighted by atomic mass is 10.2. The van der Waals surface area contributed by atoms with E-state index in [2.05, 4.69) is 15.5 Å². The van der Waals surface area contributed by atoms with Crippen molar-refractivity contribution in [3.63, 3.8) is 0 Å². The molecular formula is C22H21N5O2. The minimum Gasteiger partial charge on any atom is -0.356 e. The molecule has 0 spiro atoms. The van der Waals surface area contributed by atoms with Crippen LogP contribution in [0.25, 0.3) is 16.6 Å². The number of carbonyl (C=O) groups excluding carboxylic acids is 1. The van der Waals surface area contributed by atoms with Gasteiger partial charge < -0.3 is 5.32 Å². The van der Waals surface area contributed by atoms with E-state index in [-0.39, 0.29) is 11.3 Å². The number of nitrogens with one attached hydrogen (secondary N) is 1. The second-order valence-electron chi connectivity index (χ2n) is 6.73. The van der Waals surface area contributed by atoms with Crippen LogP contribution in [0.1, 0.15) is 12.0 Å². The van der Waals surface area contributed by atoms with Crippen molar-refractivity contribution in [3.8, 4) is 5.69 Å². The maximum atomic E-state index is 12.2. The summed E-state index contributed by atoms with van der Waals surface area (Å²) in [6.07, 6.45) is 6.08. The number of benzene rings is 2. The molecule has 146 valence electrons. The zero-order valence-electron chi connectivity index (χ0n) is 15.9. The fraction of sp³-hybridized carbons (Fsp3) is 0.182. The molecule has 0 unspecified atom stereocenters. The number of aromatic nitrogens is 4. The Bertz CT molecular complexity index is 1180. The molecule has 0 saturated heterocycles. The second kappa shape index (κ2) is 8.52. The van der Waals surface area contributed by atoms with Gasteiger partial charge in [-0.3, -0.25) is 14.3 Å². The highest BCUT2D eigenvalue weighted by molar-refractivity contribution is 5.79. The maximum absolute atomic E-state index is 12.2. The van der Waals surface area contributed by atoms with Crippen LogP contribution in [-0.4, -0.2) is 32.0 Å². The second-order valence-corrected chi connectivity index (χ2v) is 6.73. The van der Waals surface area contributed by atoms with E-state index in [1.807, 2.05) is 65.6 Å². The zero-order chi connectivity index (χ0) is 20.1. The van der Waals surface area contributed by atoms with Crippen molar-refractivity contribution in [1.82, 2.24) is 24.9 Å². The summed E-state index contributed by atoms with van der Waals surface area (Å²) in [6.45, 7) is 0.955. The predicted octanol–water partition coefficient (Wildman–Crippen LogP) is 2.33. The Morgan fingerprint density at radius 1 is 0.966 bits per heavy atom. The quantitative estimate of drug-likeness (QED) is 0.528. The predicted molar refractivity (Wildman–Crippen MR) is 111 cm³/mol. The van der Waals surface area contributed by atoms with Gasteiger partial charge in [0.05, 0.1) is 30.1 Å². The minimum absolute atomic E-state index is 0.0509. The molecule has 2 heterocycles. The number of carbonyl (C=O) groups is 1. The van der Waals surface area contributed by atoms with Gasteiger partial charge in [-0.2, -0.15) is 10.2 Å². The summed E-state index contributed by atoms with van der Waals surface area (Å²) in [7, 11) is 0. The number of aryl methyl sites for hydroxylation is 1. The van der Waals surface area contributed by atoms with E-state index in [4.69, 9.17) is 0 Å². The van der Waals surface area contributed by atoms with Crippen molar-refractivity contribution in [1.29, 1.82) is 0 Å². The molecule has 4 rings (SSSR count). The lowest BCUT2D eigenvalue weighted by Crippen LogP contribution is -2.27. The molecule has 4 aromatic rings. The molecule has 0 aliphatic heterocycles. The van der Waals surface area contributed by atoms with E-state index in [9.17, 15) is 9.59 Å².